The second kappa shape index (κ2) is 7.19. The number of nitrogens with zero attached hydrogens (tertiary/aromatic N) is 3. The van der Waals surface area contributed by atoms with Gasteiger partial charge in [0, 0.05) is 27.9 Å². The van der Waals surface area contributed by atoms with Crippen LogP contribution < -0.4 is 10.8 Å². The highest BCUT2D eigenvalue weighted by atomic mass is 35.5. The molecule has 2 aromatic heterocycles. The second-order valence-corrected chi connectivity index (χ2v) is 7.98. The van der Waals surface area contributed by atoms with Crippen molar-refractivity contribution in [3.63, 3.8) is 0 Å². The number of halogens is 1. The van der Waals surface area contributed by atoms with Crippen molar-refractivity contribution in [1.82, 2.24) is 14.6 Å². The summed E-state index contributed by atoms with van der Waals surface area (Å²) in [5.74, 6) is 1.12. The Balaban J connectivity index is 1.97. The van der Waals surface area contributed by atoms with Crippen LogP contribution in [0.4, 0.5) is 5.82 Å². The van der Waals surface area contributed by atoms with Crippen LogP contribution in [-0.2, 0) is 12.8 Å². The maximum absolute atomic E-state index is 6.60. The van der Waals surface area contributed by atoms with Gasteiger partial charge in [-0.05, 0) is 45.1 Å². The zero-order chi connectivity index (χ0) is 19.1. The van der Waals surface area contributed by atoms with Gasteiger partial charge < -0.3 is 5.32 Å². The van der Waals surface area contributed by atoms with Gasteiger partial charge in [-0.25, -0.2) is 4.98 Å². The molecule has 1 aromatic carbocycles. The van der Waals surface area contributed by atoms with E-state index in [1.54, 1.807) is 0 Å². The second-order valence-electron chi connectivity index (χ2n) is 7.58. The summed E-state index contributed by atoms with van der Waals surface area (Å²) in [4.78, 5) is 5.04. The Kier molecular flexibility index (Phi) is 4.89. The molecular formula is C21H26BClN4. The number of aryl methyl sites for hydroxylation is 2. The van der Waals surface area contributed by atoms with E-state index in [0.717, 1.165) is 70.9 Å². The van der Waals surface area contributed by atoms with Gasteiger partial charge in [-0.2, -0.15) is 9.61 Å². The van der Waals surface area contributed by atoms with Gasteiger partial charge in [0.1, 0.15) is 13.7 Å². The van der Waals surface area contributed by atoms with Crippen molar-refractivity contribution >= 4 is 36.4 Å². The minimum absolute atomic E-state index is 0.441. The predicted molar refractivity (Wildman–Crippen MR) is 116 cm³/mol. The molecule has 0 atom stereocenters. The summed E-state index contributed by atoms with van der Waals surface area (Å²) in [5, 5.41) is 9.40. The summed E-state index contributed by atoms with van der Waals surface area (Å²) in [5.41, 5.74) is 7.62. The standard InChI is InChI=1S/C21H26BClN4/c1-4-14(5-2)24-20-16-7-6-8-18(16)25-21-19(12(3)26-27(20)21)15-10-9-13(22)11-17(15)23/h9-11,14,24H,4-8,22H2,1-3H3. The van der Waals surface area contributed by atoms with Crippen molar-refractivity contribution in [2.75, 3.05) is 5.32 Å². The largest absolute Gasteiger partial charge is 0.367 e. The first-order chi connectivity index (χ1) is 13.0. The van der Waals surface area contributed by atoms with Crippen molar-refractivity contribution < 1.29 is 0 Å². The van der Waals surface area contributed by atoms with Crippen LogP contribution in [0, 0.1) is 6.92 Å². The smallest absolute Gasteiger partial charge is 0.165 e. The van der Waals surface area contributed by atoms with Crippen LogP contribution in [0.15, 0.2) is 18.2 Å². The van der Waals surface area contributed by atoms with Gasteiger partial charge >= 0.3 is 0 Å². The summed E-state index contributed by atoms with van der Waals surface area (Å²) in [6.45, 7) is 6.50. The molecule has 4 rings (SSSR count). The fraction of sp³-hybridized carbons (Fsp3) is 0.429. The van der Waals surface area contributed by atoms with E-state index < -0.39 is 0 Å². The molecule has 3 aromatic rings. The summed E-state index contributed by atoms with van der Waals surface area (Å²) >= 11 is 6.60. The maximum atomic E-state index is 6.60. The molecule has 0 unspecified atom stereocenters. The number of hydrogen-bond donors (Lipinski definition) is 1. The van der Waals surface area contributed by atoms with Crippen LogP contribution in [-0.4, -0.2) is 28.5 Å². The fourth-order valence-electron chi connectivity index (χ4n) is 4.11. The monoisotopic (exact) mass is 380 g/mol. The third-order valence-electron chi connectivity index (χ3n) is 5.68. The van der Waals surface area contributed by atoms with Crippen molar-refractivity contribution in [2.24, 2.45) is 0 Å². The number of nitrogens with one attached hydrogen (secondary N) is 1. The minimum atomic E-state index is 0.441. The average molecular weight is 381 g/mol. The van der Waals surface area contributed by atoms with E-state index >= 15 is 0 Å². The number of benzene rings is 1. The van der Waals surface area contributed by atoms with E-state index in [1.807, 2.05) is 17.5 Å². The molecule has 2 heterocycles. The Morgan fingerprint density at radius 2 is 2.04 bits per heavy atom. The number of aromatic nitrogens is 3. The molecule has 0 fully saturated rings. The van der Waals surface area contributed by atoms with E-state index in [4.69, 9.17) is 21.7 Å². The molecule has 1 N–H and O–H groups in total. The third kappa shape index (κ3) is 3.12. The van der Waals surface area contributed by atoms with Crippen molar-refractivity contribution in [3.8, 4) is 11.1 Å². The summed E-state index contributed by atoms with van der Waals surface area (Å²) in [7, 11) is 2.06. The first-order valence-electron chi connectivity index (χ1n) is 9.97. The van der Waals surface area contributed by atoms with Gasteiger partial charge in [0.25, 0.3) is 0 Å². The molecule has 4 nitrogen and oxygen atoms in total. The third-order valence-corrected chi connectivity index (χ3v) is 6.00. The lowest BCUT2D eigenvalue weighted by Crippen LogP contribution is -2.21. The Morgan fingerprint density at radius 1 is 1.26 bits per heavy atom. The first-order valence-corrected chi connectivity index (χ1v) is 10.3. The Morgan fingerprint density at radius 3 is 2.74 bits per heavy atom. The van der Waals surface area contributed by atoms with Crippen LogP contribution in [0.5, 0.6) is 0 Å². The van der Waals surface area contributed by atoms with E-state index in [1.165, 1.54) is 11.3 Å². The lowest BCUT2D eigenvalue weighted by Gasteiger charge is -2.19. The molecule has 1 aliphatic rings. The van der Waals surface area contributed by atoms with Gasteiger partial charge in [-0.1, -0.05) is 43.0 Å². The highest BCUT2D eigenvalue weighted by molar-refractivity contribution is 6.38. The summed E-state index contributed by atoms with van der Waals surface area (Å²) in [6, 6.07) is 6.64. The van der Waals surface area contributed by atoms with Crippen LogP contribution in [0.3, 0.4) is 0 Å². The highest BCUT2D eigenvalue weighted by Crippen LogP contribution is 2.37. The van der Waals surface area contributed by atoms with Crippen LogP contribution in [0.1, 0.15) is 50.1 Å². The van der Waals surface area contributed by atoms with Gasteiger partial charge in [-0.3, -0.25) is 0 Å². The molecule has 0 saturated carbocycles. The molecule has 0 aliphatic heterocycles. The first kappa shape index (κ1) is 18.4. The molecule has 0 saturated heterocycles. The summed E-state index contributed by atoms with van der Waals surface area (Å²) in [6.07, 6.45) is 5.44. The van der Waals surface area contributed by atoms with E-state index in [0.29, 0.717) is 6.04 Å². The molecule has 0 spiro atoms. The van der Waals surface area contributed by atoms with Crippen LogP contribution in [0.2, 0.25) is 5.02 Å². The number of rotatable bonds is 5. The zero-order valence-corrected chi connectivity index (χ0v) is 17.3. The van der Waals surface area contributed by atoms with E-state index in [2.05, 4.69) is 39.1 Å². The number of hydrogen-bond acceptors (Lipinski definition) is 3. The molecule has 1 aliphatic carbocycles. The topological polar surface area (TPSA) is 42.2 Å². The lowest BCUT2D eigenvalue weighted by molar-refractivity contribution is 0.661. The number of fused-ring (bicyclic) bond motifs is 2. The van der Waals surface area contributed by atoms with Gasteiger partial charge in [0.05, 0.1) is 11.3 Å². The molecule has 6 heteroatoms. The summed E-state index contributed by atoms with van der Waals surface area (Å²) < 4.78 is 2.02. The molecule has 0 bridgehead atoms. The van der Waals surface area contributed by atoms with Crippen LogP contribution in [0.25, 0.3) is 16.8 Å². The van der Waals surface area contributed by atoms with Gasteiger partial charge in [0.2, 0.25) is 0 Å². The molecule has 0 amide bonds. The fourth-order valence-corrected chi connectivity index (χ4v) is 4.44. The maximum Gasteiger partial charge on any atom is 0.165 e. The normalized spacial score (nSPS) is 13.5. The van der Waals surface area contributed by atoms with E-state index in [9.17, 15) is 0 Å². The zero-order valence-electron chi connectivity index (χ0n) is 16.6. The number of anilines is 1. The average Bonchev–Trinajstić information content (AvgIpc) is 3.23. The van der Waals surface area contributed by atoms with Crippen molar-refractivity contribution in [1.29, 1.82) is 0 Å². The highest BCUT2D eigenvalue weighted by Gasteiger charge is 2.25. The Bertz CT molecular complexity index is 1010. The molecular weight excluding hydrogens is 355 g/mol. The van der Waals surface area contributed by atoms with Crippen LogP contribution >= 0.6 is 11.6 Å². The van der Waals surface area contributed by atoms with E-state index in [-0.39, 0.29) is 0 Å². The SMILES string of the molecule is Bc1ccc(-c2c(C)nn3c(NC(CC)CC)c4c(nc23)CCC4)c(Cl)c1. The Hall–Kier alpha value is -2.01. The molecule has 140 valence electrons. The van der Waals surface area contributed by atoms with Crippen molar-refractivity contribution in [2.45, 2.75) is 58.9 Å². The molecule has 27 heavy (non-hydrogen) atoms. The van der Waals surface area contributed by atoms with Gasteiger partial charge in [-0.15, -0.1) is 0 Å². The van der Waals surface area contributed by atoms with Gasteiger partial charge in [0.15, 0.2) is 5.65 Å². The minimum Gasteiger partial charge on any atom is -0.367 e. The van der Waals surface area contributed by atoms with Crippen molar-refractivity contribution in [3.05, 3.63) is 40.2 Å². The predicted octanol–water partition coefficient (Wildman–Crippen LogP) is 3.71. The molecule has 0 radical (unpaired) electrons. The quantitative estimate of drug-likeness (QED) is 0.686. The Labute approximate surface area is 166 Å². The lowest BCUT2D eigenvalue weighted by atomic mass is 9.93.